The number of fused-ring (bicyclic) bond motifs is 1. The molecule has 0 aromatic heterocycles. The number of benzene rings is 1. The SMILES string of the molecule is CCOC(=O)C(=O)C1CCOc2c(Cl)cc(Cl)cc2C1=O. The Morgan fingerprint density at radius 1 is 1.38 bits per heavy atom. The van der Waals surface area contributed by atoms with Gasteiger partial charge >= 0.3 is 5.97 Å². The highest BCUT2D eigenvalue weighted by atomic mass is 35.5. The highest BCUT2D eigenvalue weighted by molar-refractivity contribution is 6.41. The number of hydrogen-bond donors (Lipinski definition) is 0. The summed E-state index contributed by atoms with van der Waals surface area (Å²) < 4.78 is 10.1. The second-order valence-electron chi connectivity index (χ2n) is 4.40. The van der Waals surface area contributed by atoms with Crippen molar-refractivity contribution in [2.24, 2.45) is 5.92 Å². The smallest absolute Gasteiger partial charge is 0.375 e. The number of carbonyl (C=O) groups is 3. The normalized spacial score (nSPS) is 17.5. The monoisotopic (exact) mass is 330 g/mol. The van der Waals surface area contributed by atoms with Crippen LogP contribution in [0.25, 0.3) is 0 Å². The lowest BCUT2D eigenvalue weighted by Crippen LogP contribution is -2.31. The maximum absolute atomic E-state index is 12.5. The zero-order chi connectivity index (χ0) is 15.6. The van der Waals surface area contributed by atoms with Crippen molar-refractivity contribution >= 4 is 40.7 Å². The first-order valence-corrected chi connectivity index (χ1v) is 7.08. The van der Waals surface area contributed by atoms with E-state index < -0.39 is 23.5 Å². The van der Waals surface area contributed by atoms with Gasteiger partial charge in [-0.3, -0.25) is 9.59 Å². The number of ketones is 2. The Morgan fingerprint density at radius 2 is 2.10 bits per heavy atom. The molecule has 1 aliphatic rings. The molecule has 1 aromatic carbocycles. The van der Waals surface area contributed by atoms with Gasteiger partial charge in [0.15, 0.2) is 5.78 Å². The van der Waals surface area contributed by atoms with E-state index in [9.17, 15) is 14.4 Å². The van der Waals surface area contributed by atoms with Crippen LogP contribution in [-0.2, 0) is 14.3 Å². The zero-order valence-electron chi connectivity index (χ0n) is 11.2. The van der Waals surface area contributed by atoms with Crippen molar-refractivity contribution in [3.8, 4) is 5.75 Å². The van der Waals surface area contributed by atoms with Crippen LogP contribution in [0.15, 0.2) is 12.1 Å². The van der Waals surface area contributed by atoms with E-state index in [1.54, 1.807) is 6.92 Å². The number of halogens is 2. The molecule has 0 aliphatic carbocycles. The van der Waals surface area contributed by atoms with Gasteiger partial charge in [0.25, 0.3) is 5.78 Å². The Balaban J connectivity index is 2.38. The minimum Gasteiger partial charge on any atom is -0.491 e. The van der Waals surface area contributed by atoms with Crippen LogP contribution >= 0.6 is 23.2 Å². The van der Waals surface area contributed by atoms with Crippen LogP contribution in [0.2, 0.25) is 10.0 Å². The Labute approximate surface area is 131 Å². The second kappa shape index (κ2) is 6.45. The third kappa shape index (κ3) is 3.19. The van der Waals surface area contributed by atoms with Crippen LogP contribution in [0.4, 0.5) is 0 Å². The van der Waals surface area contributed by atoms with Crippen molar-refractivity contribution in [3.05, 3.63) is 27.7 Å². The molecule has 1 unspecified atom stereocenters. The van der Waals surface area contributed by atoms with Gasteiger partial charge in [-0.1, -0.05) is 23.2 Å². The number of esters is 1. The molecule has 21 heavy (non-hydrogen) atoms. The van der Waals surface area contributed by atoms with Gasteiger partial charge in [-0.05, 0) is 25.5 Å². The van der Waals surface area contributed by atoms with Gasteiger partial charge < -0.3 is 9.47 Å². The molecular formula is C14H12Cl2O5. The van der Waals surface area contributed by atoms with Crippen molar-refractivity contribution in [1.29, 1.82) is 0 Å². The lowest BCUT2D eigenvalue weighted by atomic mass is 9.91. The molecule has 0 radical (unpaired) electrons. The van der Waals surface area contributed by atoms with Gasteiger partial charge in [-0.2, -0.15) is 0 Å². The summed E-state index contributed by atoms with van der Waals surface area (Å²) in [6.45, 7) is 1.74. The Bertz CT molecular complexity index is 612. The van der Waals surface area contributed by atoms with E-state index in [-0.39, 0.29) is 41.0 Å². The van der Waals surface area contributed by atoms with Gasteiger partial charge in [0.2, 0.25) is 0 Å². The first-order valence-electron chi connectivity index (χ1n) is 6.32. The van der Waals surface area contributed by atoms with Gasteiger partial charge in [0.1, 0.15) is 5.75 Å². The van der Waals surface area contributed by atoms with Crippen LogP contribution in [0.5, 0.6) is 5.75 Å². The van der Waals surface area contributed by atoms with E-state index in [0.29, 0.717) is 0 Å². The first kappa shape index (κ1) is 15.8. The molecule has 1 atom stereocenters. The Kier molecular flexibility index (Phi) is 4.85. The predicted octanol–water partition coefficient (Wildman–Crippen LogP) is 2.71. The number of hydrogen-bond acceptors (Lipinski definition) is 5. The van der Waals surface area contributed by atoms with Crippen molar-refractivity contribution in [3.63, 3.8) is 0 Å². The molecule has 1 aliphatic heterocycles. The molecule has 7 heteroatoms. The van der Waals surface area contributed by atoms with Crippen molar-refractivity contribution in [1.82, 2.24) is 0 Å². The maximum Gasteiger partial charge on any atom is 0.375 e. The molecule has 0 N–H and O–H groups in total. The fraction of sp³-hybridized carbons (Fsp3) is 0.357. The molecule has 5 nitrogen and oxygen atoms in total. The standard InChI is InChI=1S/C14H12Cl2O5/c1-2-20-14(19)12(18)8-3-4-21-13-9(11(8)17)5-7(15)6-10(13)16/h5-6,8H,2-4H2,1H3. The Hall–Kier alpha value is -1.59. The van der Waals surface area contributed by atoms with Crippen molar-refractivity contribution in [2.45, 2.75) is 13.3 Å². The average molecular weight is 331 g/mol. The van der Waals surface area contributed by atoms with E-state index in [0.717, 1.165) is 0 Å². The fourth-order valence-electron chi connectivity index (χ4n) is 2.08. The number of rotatable bonds is 3. The number of carbonyl (C=O) groups excluding carboxylic acids is 3. The van der Waals surface area contributed by atoms with E-state index in [4.69, 9.17) is 27.9 Å². The summed E-state index contributed by atoms with van der Waals surface area (Å²) in [5.74, 6) is -3.39. The molecule has 0 bridgehead atoms. The molecule has 112 valence electrons. The van der Waals surface area contributed by atoms with E-state index in [1.807, 2.05) is 0 Å². The van der Waals surface area contributed by atoms with Crippen molar-refractivity contribution < 1.29 is 23.9 Å². The van der Waals surface area contributed by atoms with E-state index >= 15 is 0 Å². The van der Waals surface area contributed by atoms with Crippen LogP contribution in [0.1, 0.15) is 23.7 Å². The van der Waals surface area contributed by atoms with E-state index in [1.165, 1.54) is 12.1 Å². The maximum atomic E-state index is 12.5. The largest absolute Gasteiger partial charge is 0.491 e. The molecule has 1 aromatic rings. The molecule has 0 spiro atoms. The van der Waals surface area contributed by atoms with Crippen LogP contribution in [0.3, 0.4) is 0 Å². The molecule has 0 fully saturated rings. The molecule has 1 heterocycles. The van der Waals surface area contributed by atoms with Crippen LogP contribution in [0, 0.1) is 5.92 Å². The summed E-state index contributed by atoms with van der Waals surface area (Å²) in [6, 6.07) is 2.82. The topological polar surface area (TPSA) is 69.7 Å². The summed E-state index contributed by atoms with van der Waals surface area (Å²) in [4.78, 5) is 36.0. The Morgan fingerprint density at radius 3 is 2.76 bits per heavy atom. The van der Waals surface area contributed by atoms with Crippen LogP contribution in [-0.4, -0.2) is 30.7 Å². The summed E-state index contributed by atoms with van der Waals surface area (Å²) in [5, 5.41) is 0.440. The third-order valence-electron chi connectivity index (χ3n) is 3.04. The highest BCUT2D eigenvalue weighted by Crippen LogP contribution is 2.36. The molecule has 0 saturated carbocycles. The fourth-order valence-corrected chi connectivity index (χ4v) is 2.63. The van der Waals surface area contributed by atoms with Gasteiger partial charge in [0, 0.05) is 5.02 Å². The molecule has 0 amide bonds. The molecule has 2 rings (SSSR count). The summed E-state index contributed by atoms with van der Waals surface area (Å²) in [6.07, 6.45) is 0.0824. The minimum absolute atomic E-state index is 0.0657. The minimum atomic E-state index is -1.14. The summed E-state index contributed by atoms with van der Waals surface area (Å²) in [7, 11) is 0. The van der Waals surface area contributed by atoms with Crippen molar-refractivity contribution in [2.75, 3.05) is 13.2 Å². The van der Waals surface area contributed by atoms with E-state index in [2.05, 4.69) is 4.74 Å². The second-order valence-corrected chi connectivity index (χ2v) is 5.25. The number of ether oxygens (including phenoxy) is 2. The highest BCUT2D eigenvalue weighted by Gasteiger charge is 2.37. The number of Topliss-reactive ketones (excluding diaryl/α,β-unsaturated/α-hetero) is 2. The average Bonchev–Trinajstić information content (AvgIpc) is 2.59. The predicted molar refractivity (Wildman–Crippen MR) is 76.0 cm³/mol. The van der Waals surface area contributed by atoms with Crippen LogP contribution < -0.4 is 4.74 Å². The summed E-state index contributed by atoms with van der Waals surface area (Å²) in [5.41, 5.74) is 0.104. The van der Waals surface area contributed by atoms with Gasteiger partial charge in [-0.15, -0.1) is 0 Å². The van der Waals surface area contributed by atoms with Gasteiger partial charge in [-0.25, -0.2) is 4.79 Å². The summed E-state index contributed by atoms with van der Waals surface area (Å²) >= 11 is 11.9. The first-order chi connectivity index (χ1) is 9.95. The molecular weight excluding hydrogens is 319 g/mol. The molecule has 0 saturated heterocycles. The van der Waals surface area contributed by atoms with Gasteiger partial charge in [0.05, 0.1) is 29.7 Å². The lowest BCUT2D eigenvalue weighted by molar-refractivity contribution is -0.154. The quantitative estimate of drug-likeness (QED) is 0.484. The third-order valence-corrected chi connectivity index (χ3v) is 3.54. The lowest BCUT2D eigenvalue weighted by Gasteiger charge is -2.11. The zero-order valence-corrected chi connectivity index (χ0v) is 12.7.